The van der Waals surface area contributed by atoms with Crippen molar-refractivity contribution in [3.8, 4) is 11.5 Å². The quantitative estimate of drug-likeness (QED) is 0.324. The molecular weight excluding hydrogens is 441 g/mol. The molecule has 0 aliphatic rings. The summed E-state index contributed by atoms with van der Waals surface area (Å²) >= 11 is 2.88. The highest BCUT2D eigenvalue weighted by molar-refractivity contribution is 9.10. The van der Waals surface area contributed by atoms with Gasteiger partial charge in [-0.05, 0) is 28.1 Å². The van der Waals surface area contributed by atoms with Gasteiger partial charge in [0.25, 0.3) is 10.0 Å². The smallest absolute Gasteiger partial charge is 0.268 e. The standard InChI is InChI=1S/C13H7BrF5NO4S/c1-24-5-3-2-4(14)11(12(5)21)20-25(22,23)13-9(18)7(16)6(15)8(17)10(13)19/h2-3,20-21H,1H3. The average Bonchev–Trinajstić information content (AvgIpc) is 2.55. The van der Waals surface area contributed by atoms with Crippen molar-refractivity contribution in [2.45, 2.75) is 4.90 Å². The highest BCUT2D eigenvalue weighted by Crippen LogP contribution is 2.41. The number of aromatic hydroxyl groups is 1. The van der Waals surface area contributed by atoms with Gasteiger partial charge in [0.1, 0.15) is 5.69 Å². The van der Waals surface area contributed by atoms with Crippen LogP contribution in [-0.2, 0) is 10.0 Å². The van der Waals surface area contributed by atoms with Crippen LogP contribution in [0.15, 0.2) is 21.5 Å². The summed E-state index contributed by atoms with van der Waals surface area (Å²) in [7, 11) is -4.15. The summed E-state index contributed by atoms with van der Waals surface area (Å²) in [5, 5.41) is 9.89. The molecule has 0 aliphatic heterocycles. The molecule has 0 aliphatic carbocycles. The van der Waals surface area contributed by atoms with E-state index in [0.717, 1.165) is 7.11 Å². The summed E-state index contributed by atoms with van der Waals surface area (Å²) in [6, 6.07) is 2.45. The molecule has 2 aromatic rings. The molecule has 0 saturated heterocycles. The van der Waals surface area contributed by atoms with Gasteiger partial charge in [0.15, 0.2) is 39.7 Å². The topological polar surface area (TPSA) is 75.6 Å². The lowest BCUT2D eigenvalue weighted by molar-refractivity contribution is 0.358. The van der Waals surface area contributed by atoms with Gasteiger partial charge in [-0.25, -0.2) is 30.4 Å². The van der Waals surface area contributed by atoms with Crippen LogP contribution in [0, 0.1) is 29.1 Å². The zero-order valence-electron chi connectivity index (χ0n) is 12.0. The average molecular weight is 448 g/mol. The van der Waals surface area contributed by atoms with Crippen LogP contribution in [-0.4, -0.2) is 20.6 Å². The lowest BCUT2D eigenvalue weighted by Crippen LogP contribution is -2.20. The van der Waals surface area contributed by atoms with Crippen LogP contribution in [0.4, 0.5) is 27.6 Å². The summed E-state index contributed by atoms with van der Waals surface area (Å²) in [6.07, 6.45) is 0. The van der Waals surface area contributed by atoms with E-state index in [-0.39, 0.29) is 10.2 Å². The van der Waals surface area contributed by atoms with Crippen molar-refractivity contribution in [1.82, 2.24) is 0 Å². The molecule has 0 fully saturated rings. The minimum atomic E-state index is -5.30. The van der Waals surface area contributed by atoms with Crippen LogP contribution in [0.25, 0.3) is 0 Å². The highest BCUT2D eigenvalue weighted by Gasteiger charge is 2.34. The Hall–Kier alpha value is -2.08. The molecule has 2 N–H and O–H groups in total. The lowest BCUT2D eigenvalue weighted by Gasteiger charge is -2.15. The molecule has 0 unspecified atom stereocenters. The molecule has 2 rings (SSSR count). The van der Waals surface area contributed by atoms with Gasteiger partial charge in [-0.15, -0.1) is 0 Å². The summed E-state index contributed by atoms with van der Waals surface area (Å²) < 4.78 is 97.4. The number of benzene rings is 2. The van der Waals surface area contributed by atoms with E-state index in [1.165, 1.54) is 12.1 Å². The molecule has 0 aromatic heterocycles. The SMILES string of the molecule is COc1ccc(Br)c(NS(=O)(=O)c2c(F)c(F)c(F)c(F)c2F)c1O. The molecule has 136 valence electrons. The third-order valence-corrected chi connectivity index (χ3v) is 5.01. The molecule has 0 heterocycles. The number of nitrogens with one attached hydrogen (secondary N) is 1. The van der Waals surface area contributed by atoms with Crippen LogP contribution in [0.5, 0.6) is 11.5 Å². The fourth-order valence-electron chi connectivity index (χ4n) is 1.82. The zero-order valence-corrected chi connectivity index (χ0v) is 14.4. The number of rotatable bonds is 4. The van der Waals surface area contributed by atoms with Crippen molar-refractivity contribution in [3.63, 3.8) is 0 Å². The molecule has 2 aromatic carbocycles. The fourth-order valence-corrected chi connectivity index (χ4v) is 3.59. The van der Waals surface area contributed by atoms with Crippen molar-refractivity contribution in [2.24, 2.45) is 0 Å². The first-order valence-electron chi connectivity index (χ1n) is 6.12. The number of phenols is 1. The van der Waals surface area contributed by atoms with Crippen LogP contribution < -0.4 is 9.46 Å². The van der Waals surface area contributed by atoms with Crippen LogP contribution >= 0.6 is 15.9 Å². The maximum atomic E-state index is 13.7. The van der Waals surface area contributed by atoms with Crippen molar-refractivity contribution in [1.29, 1.82) is 0 Å². The number of halogens is 6. The predicted octanol–water partition coefficient (Wildman–Crippen LogP) is 3.66. The lowest BCUT2D eigenvalue weighted by atomic mass is 10.3. The zero-order chi connectivity index (χ0) is 19.1. The van der Waals surface area contributed by atoms with Crippen LogP contribution in [0.3, 0.4) is 0 Å². The third-order valence-electron chi connectivity index (χ3n) is 2.98. The molecule has 25 heavy (non-hydrogen) atoms. The van der Waals surface area contributed by atoms with Crippen molar-refractivity contribution < 1.29 is 40.2 Å². The van der Waals surface area contributed by atoms with Gasteiger partial charge in [-0.2, -0.15) is 0 Å². The van der Waals surface area contributed by atoms with Gasteiger partial charge >= 0.3 is 0 Å². The van der Waals surface area contributed by atoms with Crippen molar-refractivity contribution >= 4 is 31.6 Å². The van der Waals surface area contributed by atoms with E-state index in [1.54, 1.807) is 4.72 Å². The summed E-state index contributed by atoms with van der Waals surface area (Å²) in [4.78, 5) is -2.09. The highest BCUT2D eigenvalue weighted by atomic mass is 79.9. The van der Waals surface area contributed by atoms with E-state index in [4.69, 9.17) is 4.74 Å². The van der Waals surface area contributed by atoms with Gasteiger partial charge in [-0.3, -0.25) is 4.72 Å². The second-order valence-corrected chi connectivity index (χ2v) is 6.95. The Morgan fingerprint density at radius 2 is 1.48 bits per heavy atom. The minimum Gasteiger partial charge on any atom is -0.503 e. The maximum absolute atomic E-state index is 13.7. The van der Waals surface area contributed by atoms with E-state index in [9.17, 15) is 35.5 Å². The fraction of sp³-hybridized carbons (Fsp3) is 0.0769. The Kier molecular flexibility index (Phi) is 5.14. The normalized spacial score (nSPS) is 11.5. The van der Waals surface area contributed by atoms with Crippen LogP contribution in [0.2, 0.25) is 0 Å². The number of ether oxygens (including phenoxy) is 1. The summed E-state index contributed by atoms with van der Waals surface area (Å²) in [6.45, 7) is 0. The molecular formula is C13H7BrF5NO4S. The molecule has 0 spiro atoms. The number of phenolic OH excluding ortho intramolecular Hbond substituents is 1. The van der Waals surface area contributed by atoms with Gasteiger partial charge in [-0.1, -0.05) is 0 Å². The monoisotopic (exact) mass is 447 g/mol. The number of sulfonamides is 1. The molecule has 12 heteroatoms. The number of anilines is 1. The molecule has 0 saturated carbocycles. The second-order valence-electron chi connectivity index (χ2n) is 4.48. The van der Waals surface area contributed by atoms with E-state index < -0.39 is 55.4 Å². The Balaban J connectivity index is 2.68. The summed E-state index contributed by atoms with van der Waals surface area (Å²) in [5.41, 5.74) is -0.622. The number of hydrogen-bond donors (Lipinski definition) is 2. The van der Waals surface area contributed by atoms with Gasteiger partial charge in [0.05, 0.1) is 7.11 Å². The first kappa shape index (κ1) is 19.2. The predicted molar refractivity (Wildman–Crippen MR) is 79.4 cm³/mol. The Morgan fingerprint density at radius 3 is 1.96 bits per heavy atom. The summed E-state index contributed by atoms with van der Waals surface area (Å²) in [5.74, 6) is -13.4. The first-order chi connectivity index (χ1) is 11.5. The van der Waals surface area contributed by atoms with E-state index in [1.807, 2.05) is 0 Å². The van der Waals surface area contributed by atoms with E-state index >= 15 is 0 Å². The number of methoxy groups -OCH3 is 1. The van der Waals surface area contributed by atoms with Gasteiger partial charge in [0, 0.05) is 4.47 Å². The third kappa shape index (κ3) is 3.23. The molecule has 0 atom stereocenters. The largest absolute Gasteiger partial charge is 0.503 e. The Morgan fingerprint density at radius 1 is 1.00 bits per heavy atom. The molecule has 0 amide bonds. The molecule has 0 radical (unpaired) electrons. The van der Waals surface area contributed by atoms with E-state index in [0.29, 0.717) is 0 Å². The van der Waals surface area contributed by atoms with Crippen molar-refractivity contribution in [3.05, 3.63) is 45.7 Å². The van der Waals surface area contributed by atoms with Gasteiger partial charge in [0.2, 0.25) is 5.82 Å². The first-order valence-corrected chi connectivity index (χ1v) is 8.40. The Labute approximate surface area is 146 Å². The van der Waals surface area contributed by atoms with Gasteiger partial charge < -0.3 is 9.84 Å². The minimum absolute atomic E-state index is 0.0850. The second kappa shape index (κ2) is 6.67. The van der Waals surface area contributed by atoms with E-state index in [2.05, 4.69) is 15.9 Å². The Bertz CT molecular complexity index is 939. The number of hydrogen-bond acceptors (Lipinski definition) is 4. The van der Waals surface area contributed by atoms with Crippen molar-refractivity contribution in [2.75, 3.05) is 11.8 Å². The van der Waals surface area contributed by atoms with Crippen LogP contribution in [0.1, 0.15) is 0 Å². The molecule has 0 bridgehead atoms. The maximum Gasteiger partial charge on any atom is 0.268 e. The molecule has 5 nitrogen and oxygen atoms in total.